The molecule has 2 rings (SSSR count). The van der Waals surface area contributed by atoms with Gasteiger partial charge in [0.15, 0.2) is 17.3 Å². The average Bonchev–Trinajstić information content (AvgIpc) is 2.65. The van der Waals surface area contributed by atoms with Crippen LogP contribution in [-0.2, 0) is 6.42 Å². The van der Waals surface area contributed by atoms with Crippen molar-refractivity contribution in [3.63, 3.8) is 0 Å². The molecular weight excluding hydrogens is 374 g/mol. The van der Waals surface area contributed by atoms with Gasteiger partial charge < -0.3 is 19.9 Å². The van der Waals surface area contributed by atoms with Gasteiger partial charge in [0.25, 0.3) is 0 Å². The Labute approximate surface area is 164 Å². The van der Waals surface area contributed by atoms with E-state index in [0.717, 1.165) is 12.0 Å². The Bertz CT molecular complexity index is 739. The summed E-state index contributed by atoms with van der Waals surface area (Å²) in [7, 11) is 3.22. The Hall–Kier alpha value is -1.89. The SMILES string of the molecule is COc1ccc(CCNCC(=O)c2ccc(O)c(SC)c2)cc1OC.Cl. The van der Waals surface area contributed by atoms with Gasteiger partial charge in [-0.2, -0.15) is 0 Å². The summed E-state index contributed by atoms with van der Waals surface area (Å²) in [5, 5.41) is 12.8. The number of benzene rings is 2. The van der Waals surface area contributed by atoms with E-state index in [9.17, 15) is 9.90 Å². The molecule has 2 N–H and O–H groups in total. The van der Waals surface area contributed by atoms with Crippen molar-refractivity contribution in [3.05, 3.63) is 47.5 Å². The number of ketones is 1. The van der Waals surface area contributed by atoms with Crippen LogP contribution in [0.15, 0.2) is 41.3 Å². The fraction of sp³-hybridized carbons (Fsp3) is 0.316. The van der Waals surface area contributed by atoms with Crippen molar-refractivity contribution >= 4 is 30.0 Å². The summed E-state index contributed by atoms with van der Waals surface area (Å²) in [5.74, 6) is 1.60. The summed E-state index contributed by atoms with van der Waals surface area (Å²) in [6.45, 7) is 0.931. The molecule has 0 bridgehead atoms. The second-order valence-electron chi connectivity index (χ2n) is 5.43. The molecule has 7 heteroatoms. The maximum Gasteiger partial charge on any atom is 0.176 e. The molecule has 0 heterocycles. The molecule has 0 fully saturated rings. The standard InChI is InChI=1S/C19H23NO4S.ClH/c1-23-17-7-4-13(10-18(17)24-2)8-9-20-12-16(22)14-5-6-15(21)19(11-14)25-3;/h4-7,10-11,20-21H,8-9,12H2,1-3H3;1H. The Morgan fingerprint density at radius 3 is 2.50 bits per heavy atom. The Kier molecular flexibility index (Phi) is 9.34. The lowest BCUT2D eigenvalue weighted by molar-refractivity contribution is 0.0991. The van der Waals surface area contributed by atoms with E-state index in [-0.39, 0.29) is 30.5 Å². The average molecular weight is 398 g/mol. The van der Waals surface area contributed by atoms with Crippen LogP contribution in [0.1, 0.15) is 15.9 Å². The van der Waals surface area contributed by atoms with Crippen molar-refractivity contribution in [1.82, 2.24) is 5.32 Å². The number of phenolic OH excluding ortho intramolecular Hbond substituents is 1. The number of carbonyl (C=O) groups is 1. The number of aromatic hydroxyl groups is 1. The quantitative estimate of drug-likeness (QED) is 0.383. The molecule has 0 aliphatic heterocycles. The second kappa shape index (κ2) is 11.0. The molecule has 0 spiro atoms. The Balaban J connectivity index is 0.00000338. The molecule has 0 aliphatic carbocycles. The molecule has 26 heavy (non-hydrogen) atoms. The van der Waals surface area contributed by atoms with Gasteiger partial charge in [0.05, 0.1) is 20.8 Å². The van der Waals surface area contributed by atoms with E-state index in [1.165, 1.54) is 11.8 Å². The number of hydrogen-bond donors (Lipinski definition) is 2. The van der Waals surface area contributed by atoms with E-state index in [2.05, 4.69) is 5.32 Å². The predicted molar refractivity (Wildman–Crippen MR) is 108 cm³/mol. The summed E-state index contributed by atoms with van der Waals surface area (Å²) < 4.78 is 10.5. The zero-order valence-electron chi connectivity index (χ0n) is 15.1. The minimum atomic E-state index is 0. The monoisotopic (exact) mass is 397 g/mol. The minimum absolute atomic E-state index is 0. The van der Waals surface area contributed by atoms with Crippen molar-refractivity contribution in [2.24, 2.45) is 0 Å². The first kappa shape index (κ1) is 22.2. The molecule has 0 aromatic heterocycles. The lowest BCUT2D eigenvalue weighted by atomic mass is 10.1. The number of rotatable bonds is 9. The lowest BCUT2D eigenvalue weighted by Crippen LogP contribution is -2.25. The van der Waals surface area contributed by atoms with E-state index in [1.54, 1.807) is 32.4 Å². The zero-order valence-corrected chi connectivity index (χ0v) is 16.7. The van der Waals surface area contributed by atoms with Crippen LogP contribution in [0.25, 0.3) is 0 Å². The fourth-order valence-corrected chi connectivity index (χ4v) is 2.95. The van der Waals surface area contributed by atoms with E-state index in [4.69, 9.17) is 9.47 Å². The summed E-state index contributed by atoms with van der Waals surface area (Å²) in [4.78, 5) is 12.9. The van der Waals surface area contributed by atoms with Crippen LogP contribution in [0.3, 0.4) is 0 Å². The van der Waals surface area contributed by atoms with E-state index in [1.807, 2.05) is 24.5 Å². The van der Waals surface area contributed by atoms with E-state index in [0.29, 0.717) is 28.5 Å². The van der Waals surface area contributed by atoms with Crippen molar-refractivity contribution in [3.8, 4) is 17.2 Å². The van der Waals surface area contributed by atoms with Gasteiger partial charge >= 0.3 is 0 Å². The highest BCUT2D eigenvalue weighted by atomic mass is 35.5. The summed E-state index contributed by atoms with van der Waals surface area (Å²) in [5.41, 5.74) is 1.70. The fourth-order valence-electron chi connectivity index (χ4n) is 2.42. The minimum Gasteiger partial charge on any atom is -0.507 e. The van der Waals surface area contributed by atoms with Gasteiger partial charge in [-0.25, -0.2) is 0 Å². The number of halogens is 1. The van der Waals surface area contributed by atoms with Crippen LogP contribution in [0.2, 0.25) is 0 Å². The number of phenols is 1. The van der Waals surface area contributed by atoms with Gasteiger partial charge in [-0.15, -0.1) is 24.2 Å². The topological polar surface area (TPSA) is 67.8 Å². The number of carbonyl (C=O) groups excluding carboxylic acids is 1. The summed E-state index contributed by atoms with van der Waals surface area (Å²) in [6, 6.07) is 10.7. The van der Waals surface area contributed by atoms with Gasteiger partial charge in [0, 0.05) is 10.5 Å². The third-order valence-corrected chi connectivity index (χ3v) is 4.59. The van der Waals surface area contributed by atoms with Crippen LogP contribution in [0, 0.1) is 0 Å². The normalized spacial score (nSPS) is 10.1. The van der Waals surface area contributed by atoms with Crippen molar-refractivity contribution in [2.75, 3.05) is 33.6 Å². The molecule has 142 valence electrons. The van der Waals surface area contributed by atoms with Crippen LogP contribution in [0.4, 0.5) is 0 Å². The highest BCUT2D eigenvalue weighted by Crippen LogP contribution is 2.28. The number of nitrogens with one attached hydrogen (secondary N) is 1. The molecule has 0 amide bonds. The van der Waals surface area contributed by atoms with Crippen LogP contribution in [0.5, 0.6) is 17.2 Å². The van der Waals surface area contributed by atoms with E-state index >= 15 is 0 Å². The molecule has 0 saturated heterocycles. The molecule has 2 aromatic rings. The largest absolute Gasteiger partial charge is 0.507 e. The van der Waals surface area contributed by atoms with Crippen molar-refractivity contribution in [2.45, 2.75) is 11.3 Å². The number of hydrogen-bond acceptors (Lipinski definition) is 6. The van der Waals surface area contributed by atoms with Gasteiger partial charge in [-0.3, -0.25) is 4.79 Å². The van der Waals surface area contributed by atoms with Crippen molar-refractivity contribution < 1.29 is 19.4 Å². The van der Waals surface area contributed by atoms with Gasteiger partial charge in [-0.1, -0.05) is 6.07 Å². The molecule has 0 atom stereocenters. The molecule has 2 aromatic carbocycles. The van der Waals surface area contributed by atoms with Crippen molar-refractivity contribution in [1.29, 1.82) is 0 Å². The molecule has 0 saturated carbocycles. The number of thioether (sulfide) groups is 1. The highest BCUT2D eigenvalue weighted by molar-refractivity contribution is 7.98. The smallest absolute Gasteiger partial charge is 0.176 e. The molecule has 0 radical (unpaired) electrons. The third kappa shape index (κ3) is 5.83. The van der Waals surface area contributed by atoms with Gasteiger partial charge in [0.1, 0.15) is 5.75 Å². The van der Waals surface area contributed by atoms with Crippen LogP contribution >= 0.6 is 24.2 Å². The maximum absolute atomic E-state index is 12.2. The first-order valence-corrected chi connectivity index (χ1v) is 9.13. The summed E-state index contributed by atoms with van der Waals surface area (Å²) >= 11 is 1.41. The first-order valence-electron chi connectivity index (χ1n) is 7.91. The molecule has 0 unspecified atom stereocenters. The lowest BCUT2D eigenvalue weighted by Gasteiger charge is -2.10. The first-order chi connectivity index (χ1) is 12.1. The predicted octanol–water partition coefficient (Wildman–Crippen LogP) is 3.57. The third-order valence-electron chi connectivity index (χ3n) is 3.83. The van der Waals surface area contributed by atoms with Crippen LogP contribution in [-0.4, -0.2) is 44.5 Å². The van der Waals surface area contributed by atoms with Gasteiger partial charge in [-0.05, 0) is 55.1 Å². The Morgan fingerprint density at radius 1 is 1.12 bits per heavy atom. The van der Waals surface area contributed by atoms with Gasteiger partial charge in [0.2, 0.25) is 0 Å². The number of methoxy groups -OCH3 is 2. The maximum atomic E-state index is 12.2. The highest BCUT2D eigenvalue weighted by Gasteiger charge is 2.09. The molecular formula is C19H24ClNO4S. The van der Waals surface area contributed by atoms with E-state index < -0.39 is 0 Å². The number of ether oxygens (including phenoxy) is 2. The molecule has 5 nitrogen and oxygen atoms in total. The Morgan fingerprint density at radius 2 is 1.85 bits per heavy atom. The number of Topliss-reactive ketones (excluding diaryl/α,β-unsaturated/α-hetero) is 1. The molecule has 0 aliphatic rings. The zero-order chi connectivity index (χ0) is 18.2. The second-order valence-corrected chi connectivity index (χ2v) is 6.27. The van der Waals surface area contributed by atoms with Crippen LogP contribution < -0.4 is 14.8 Å². The summed E-state index contributed by atoms with van der Waals surface area (Å²) in [6.07, 6.45) is 2.64.